The maximum atomic E-state index is 6.08. The summed E-state index contributed by atoms with van der Waals surface area (Å²) < 4.78 is 24.8. The zero-order valence-electron chi connectivity index (χ0n) is 10.7. The molecule has 3 aliphatic carbocycles. The molecule has 1 saturated carbocycles. The predicted molar refractivity (Wildman–Crippen MR) is 77.5 cm³/mol. The Morgan fingerprint density at radius 2 is 1.70 bits per heavy atom. The zero-order chi connectivity index (χ0) is 13.6. The summed E-state index contributed by atoms with van der Waals surface area (Å²) in [6.07, 6.45) is 6.61. The average molecular weight is 406 g/mol. The molecule has 5 rings (SSSR count). The lowest BCUT2D eigenvalue weighted by molar-refractivity contribution is -0.197. The molecule has 0 N–H and O–H groups in total. The van der Waals surface area contributed by atoms with Crippen molar-refractivity contribution in [1.29, 1.82) is 0 Å². The lowest BCUT2D eigenvalue weighted by Gasteiger charge is -2.42. The van der Waals surface area contributed by atoms with Crippen molar-refractivity contribution in [3.63, 3.8) is 0 Å². The quantitative estimate of drug-likeness (QED) is 0.458. The van der Waals surface area contributed by atoms with Crippen LogP contribution < -0.4 is 0 Å². The monoisotopic (exact) mass is 404 g/mol. The van der Waals surface area contributed by atoms with Gasteiger partial charge in [-0.05, 0) is 5.92 Å². The van der Waals surface area contributed by atoms with Crippen LogP contribution in [0.5, 0.6) is 0 Å². The minimum absolute atomic E-state index is 0.125. The average Bonchev–Trinajstić information content (AvgIpc) is 3.19. The van der Waals surface area contributed by atoms with Crippen LogP contribution in [0.3, 0.4) is 0 Å². The van der Waals surface area contributed by atoms with Crippen molar-refractivity contribution in [1.82, 2.24) is 0 Å². The number of alkyl halides is 1. The first-order valence-corrected chi connectivity index (χ1v) is 8.55. The van der Waals surface area contributed by atoms with Gasteiger partial charge >= 0.3 is 0 Å². The van der Waals surface area contributed by atoms with Crippen LogP contribution in [0.1, 0.15) is 0 Å². The van der Waals surface area contributed by atoms with Gasteiger partial charge in [0, 0.05) is 11.8 Å². The molecular formula is C14H14Br2O4. The van der Waals surface area contributed by atoms with E-state index in [9.17, 15) is 0 Å². The summed E-state index contributed by atoms with van der Waals surface area (Å²) in [5.74, 6) is -0.663. The molecule has 2 aliphatic heterocycles. The Morgan fingerprint density at radius 3 is 2.40 bits per heavy atom. The van der Waals surface area contributed by atoms with Crippen molar-refractivity contribution >= 4 is 31.9 Å². The highest BCUT2D eigenvalue weighted by Crippen LogP contribution is 2.71. The Bertz CT molecular complexity index is 533. The first-order chi connectivity index (χ1) is 9.64. The van der Waals surface area contributed by atoms with Gasteiger partial charge in [-0.2, -0.15) is 0 Å². The summed E-state index contributed by atoms with van der Waals surface area (Å²) in [6, 6.07) is 0. The third-order valence-corrected chi connectivity index (χ3v) is 7.41. The van der Waals surface area contributed by atoms with E-state index in [1.54, 1.807) is 0 Å². The predicted octanol–water partition coefficient (Wildman–Crippen LogP) is 2.33. The van der Waals surface area contributed by atoms with E-state index >= 15 is 0 Å². The van der Waals surface area contributed by atoms with Crippen molar-refractivity contribution < 1.29 is 18.9 Å². The van der Waals surface area contributed by atoms with Gasteiger partial charge < -0.3 is 18.9 Å². The minimum atomic E-state index is -0.685. The Kier molecular flexibility index (Phi) is 2.42. The summed E-state index contributed by atoms with van der Waals surface area (Å²) in [5, 5.41) is 0. The lowest BCUT2D eigenvalue weighted by Crippen LogP contribution is -2.54. The van der Waals surface area contributed by atoms with Gasteiger partial charge in [0.15, 0.2) is 5.79 Å². The van der Waals surface area contributed by atoms with Gasteiger partial charge in [-0.3, -0.25) is 0 Å². The van der Waals surface area contributed by atoms with E-state index in [1.807, 2.05) is 0 Å². The minimum Gasteiger partial charge on any atom is -0.345 e. The molecule has 0 radical (unpaired) electrons. The van der Waals surface area contributed by atoms with Gasteiger partial charge in [0.25, 0.3) is 0 Å². The van der Waals surface area contributed by atoms with Crippen LogP contribution in [-0.2, 0) is 18.9 Å². The van der Waals surface area contributed by atoms with Gasteiger partial charge in [0.05, 0.1) is 30.9 Å². The van der Waals surface area contributed by atoms with E-state index < -0.39 is 15.9 Å². The third-order valence-electron chi connectivity index (χ3n) is 5.28. The summed E-state index contributed by atoms with van der Waals surface area (Å²) in [6.45, 7) is 2.53. The van der Waals surface area contributed by atoms with E-state index in [0.29, 0.717) is 32.3 Å². The topological polar surface area (TPSA) is 36.9 Å². The SMILES string of the molecule is BrC1=CC2C(C13OCCO3)C1(Br)C=CC2C12OCCO2. The number of rotatable bonds is 0. The molecule has 5 aliphatic rings. The lowest BCUT2D eigenvalue weighted by atomic mass is 9.82. The van der Waals surface area contributed by atoms with Crippen molar-refractivity contribution in [2.24, 2.45) is 17.8 Å². The van der Waals surface area contributed by atoms with Gasteiger partial charge in [-0.15, -0.1) is 0 Å². The molecule has 4 nitrogen and oxygen atoms in total. The van der Waals surface area contributed by atoms with E-state index in [0.717, 1.165) is 4.48 Å². The molecule has 0 aromatic rings. The van der Waals surface area contributed by atoms with E-state index in [4.69, 9.17) is 18.9 Å². The van der Waals surface area contributed by atoms with Crippen LogP contribution in [0.15, 0.2) is 22.7 Å². The number of hydrogen-bond acceptors (Lipinski definition) is 4. The molecule has 2 saturated heterocycles. The molecule has 2 bridgehead atoms. The number of fused-ring (bicyclic) bond motifs is 4. The Labute approximate surface area is 133 Å². The smallest absolute Gasteiger partial charge is 0.206 e. The Balaban J connectivity index is 1.69. The maximum Gasteiger partial charge on any atom is 0.206 e. The molecule has 4 atom stereocenters. The van der Waals surface area contributed by atoms with Gasteiger partial charge in [-0.1, -0.05) is 50.1 Å². The summed E-state index contributed by atoms with van der Waals surface area (Å²) in [4.78, 5) is 0. The Morgan fingerprint density at radius 1 is 1.05 bits per heavy atom. The normalized spacial score (nSPS) is 49.5. The molecule has 0 amide bonds. The highest BCUT2D eigenvalue weighted by molar-refractivity contribution is 9.11. The van der Waals surface area contributed by atoms with E-state index in [1.165, 1.54) is 0 Å². The van der Waals surface area contributed by atoms with Crippen LogP contribution in [0, 0.1) is 17.8 Å². The van der Waals surface area contributed by atoms with Crippen molar-refractivity contribution in [3.05, 3.63) is 22.7 Å². The molecule has 108 valence electrons. The standard InChI is InChI=1S/C14H14Br2O4/c15-10-7-8-9-1-2-12(16,14(9)19-5-6-20-14)11(8)13(10)17-3-4-18-13/h1-2,7-9,11H,3-6H2. The molecule has 20 heavy (non-hydrogen) atoms. The fourth-order valence-electron chi connectivity index (χ4n) is 4.68. The van der Waals surface area contributed by atoms with Crippen LogP contribution in [0.25, 0.3) is 0 Å². The van der Waals surface area contributed by atoms with Crippen molar-refractivity contribution in [2.45, 2.75) is 15.9 Å². The van der Waals surface area contributed by atoms with E-state index in [2.05, 4.69) is 50.1 Å². The molecule has 2 spiro atoms. The largest absolute Gasteiger partial charge is 0.345 e. The molecule has 0 aromatic carbocycles. The molecule has 4 unspecified atom stereocenters. The maximum absolute atomic E-state index is 6.08. The van der Waals surface area contributed by atoms with Crippen LogP contribution in [-0.4, -0.2) is 42.3 Å². The fraction of sp³-hybridized carbons (Fsp3) is 0.714. The highest BCUT2D eigenvalue weighted by Gasteiger charge is 2.79. The number of ether oxygens (including phenoxy) is 4. The highest BCUT2D eigenvalue weighted by atomic mass is 79.9. The first kappa shape index (κ1) is 12.8. The van der Waals surface area contributed by atoms with Gasteiger partial charge in [-0.25, -0.2) is 0 Å². The number of halogens is 2. The molecular weight excluding hydrogens is 392 g/mol. The summed E-state index contributed by atoms with van der Waals surface area (Å²) >= 11 is 7.60. The second-order valence-electron chi connectivity index (χ2n) is 5.95. The second kappa shape index (κ2) is 3.78. The summed E-state index contributed by atoms with van der Waals surface area (Å²) in [5.41, 5.74) is 0. The molecule has 2 heterocycles. The molecule has 0 aromatic heterocycles. The van der Waals surface area contributed by atoms with Gasteiger partial charge in [0.2, 0.25) is 5.79 Å². The van der Waals surface area contributed by atoms with Crippen LogP contribution in [0.4, 0.5) is 0 Å². The molecule has 6 heteroatoms. The number of hydrogen-bond donors (Lipinski definition) is 0. The zero-order valence-corrected chi connectivity index (χ0v) is 13.9. The van der Waals surface area contributed by atoms with Gasteiger partial charge in [0.1, 0.15) is 4.32 Å². The Hall–Kier alpha value is 0.280. The van der Waals surface area contributed by atoms with Crippen LogP contribution >= 0.6 is 31.9 Å². The summed E-state index contributed by atoms with van der Waals surface area (Å²) in [7, 11) is 0. The first-order valence-electron chi connectivity index (χ1n) is 6.96. The van der Waals surface area contributed by atoms with Crippen molar-refractivity contribution in [3.8, 4) is 0 Å². The van der Waals surface area contributed by atoms with Crippen molar-refractivity contribution in [2.75, 3.05) is 26.4 Å². The molecule has 3 fully saturated rings. The number of allylic oxidation sites excluding steroid dienone is 1. The second-order valence-corrected chi connectivity index (χ2v) is 8.12. The third kappa shape index (κ3) is 1.14. The van der Waals surface area contributed by atoms with Crippen LogP contribution in [0.2, 0.25) is 0 Å². The van der Waals surface area contributed by atoms with E-state index in [-0.39, 0.29) is 11.8 Å². The fourth-order valence-corrected chi connectivity index (χ4v) is 6.72.